The molecule has 0 atom stereocenters. The monoisotopic (exact) mass is 293 g/mol. The second kappa shape index (κ2) is 4.95. The van der Waals surface area contributed by atoms with Crippen LogP contribution in [-0.2, 0) is 11.3 Å². The summed E-state index contributed by atoms with van der Waals surface area (Å²) in [4.78, 5) is 4.49. The molecule has 110 valence electrons. The lowest BCUT2D eigenvalue weighted by molar-refractivity contribution is -0.0444. The van der Waals surface area contributed by atoms with Crippen molar-refractivity contribution >= 4 is 16.7 Å². The fourth-order valence-corrected chi connectivity index (χ4v) is 5.85. The maximum Gasteiger partial charge on any atom is 0.202 e. The molecule has 5 rings (SSSR count). The molecule has 0 unspecified atom stereocenters. The molecule has 0 spiro atoms. The summed E-state index contributed by atoms with van der Waals surface area (Å²) in [6, 6.07) is 0. The number of nitrogens with zero attached hydrogens (tertiary/aromatic N) is 2. The molecule has 4 aliphatic carbocycles. The van der Waals surface area contributed by atoms with Crippen molar-refractivity contribution in [3.63, 3.8) is 0 Å². The summed E-state index contributed by atoms with van der Waals surface area (Å²) in [5.74, 6) is 3.84. The summed E-state index contributed by atoms with van der Waals surface area (Å²) < 4.78 is 9.39. The Kier molecular flexibility index (Phi) is 3.22. The average Bonchev–Trinajstić information content (AvgIpc) is 2.83. The highest BCUT2D eigenvalue weighted by atomic mass is 32.1. The molecular formula is C15H23N3OS. The summed E-state index contributed by atoms with van der Waals surface area (Å²) in [5.41, 5.74) is 0.557. The minimum atomic E-state index is 0.509. The zero-order valence-corrected chi connectivity index (χ0v) is 12.9. The van der Waals surface area contributed by atoms with Gasteiger partial charge < -0.3 is 10.1 Å². The minimum Gasteiger partial charge on any atom is -0.377 e. The maximum absolute atomic E-state index is 5.07. The van der Waals surface area contributed by atoms with Crippen molar-refractivity contribution in [1.82, 2.24) is 9.36 Å². The minimum absolute atomic E-state index is 0.509. The Balaban J connectivity index is 1.41. The lowest BCUT2D eigenvalue weighted by Gasteiger charge is -2.56. The number of ether oxygens (including phenoxy) is 1. The van der Waals surface area contributed by atoms with Crippen LogP contribution in [0.15, 0.2) is 0 Å². The molecule has 4 bridgehead atoms. The third-order valence-corrected chi connectivity index (χ3v) is 6.23. The molecule has 0 saturated heterocycles. The standard InChI is InChI=1S/C15H23N3OS/c1-19-8-13-17-14(20-18-13)16-9-15-5-10-2-11(6-15)4-12(3-10)7-15/h10-12H,2-9H2,1H3,(H,16,17,18). The van der Waals surface area contributed by atoms with Gasteiger partial charge in [-0.05, 0) is 61.7 Å². The lowest BCUT2D eigenvalue weighted by Crippen LogP contribution is -2.49. The molecule has 1 N–H and O–H groups in total. The van der Waals surface area contributed by atoms with Crippen LogP contribution in [0.25, 0.3) is 0 Å². The maximum atomic E-state index is 5.07. The van der Waals surface area contributed by atoms with E-state index in [9.17, 15) is 0 Å². The Morgan fingerprint density at radius 3 is 2.45 bits per heavy atom. The van der Waals surface area contributed by atoms with E-state index >= 15 is 0 Å². The lowest BCUT2D eigenvalue weighted by atomic mass is 9.49. The summed E-state index contributed by atoms with van der Waals surface area (Å²) >= 11 is 1.47. The Morgan fingerprint density at radius 1 is 1.20 bits per heavy atom. The summed E-state index contributed by atoms with van der Waals surface area (Å²) in [6.07, 6.45) is 8.85. The highest BCUT2D eigenvalue weighted by Crippen LogP contribution is 2.59. The average molecular weight is 293 g/mol. The molecule has 1 heterocycles. The largest absolute Gasteiger partial charge is 0.377 e. The van der Waals surface area contributed by atoms with Gasteiger partial charge in [-0.25, -0.2) is 4.98 Å². The second-order valence-electron chi connectivity index (χ2n) is 7.22. The fourth-order valence-electron chi connectivity index (χ4n) is 5.28. The van der Waals surface area contributed by atoms with E-state index < -0.39 is 0 Å². The van der Waals surface area contributed by atoms with Gasteiger partial charge in [-0.2, -0.15) is 4.37 Å². The first-order valence-electron chi connectivity index (χ1n) is 7.80. The third kappa shape index (κ3) is 2.35. The van der Waals surface area contributed by atoms with Gasteiger partial charge in [-0.15, -0.1) is 0 Å². The zero-order chi connectivity index (χ0) is 13.6. The smallest absolute Gasteiger partial charge is 0.202 e. The van der Waals surface area contributed by atoms with E-state index in [0.29, 0.717) is 12.0 Å². The van der Waals surface area contributed by atoms with Gasteiger partial charge in [0.1, 0.15) is 6.61 Å². The summed E-state index contributed by atoms with van der Waals surface area (Å²) in [6.45, 7) is 1.60. The van der Waals surface area contributed by atoms with Gasteiger partial charge >= 0.3 is 0 Å². The molecular weight excluding hydrogens is 270 g/mol. The fraction of sp³-hybridized carbons (Fsp3) is 0.867. The quantitative estimate of drug-likeness (QED) is 0.904. The molecule has 1 aromatic heterocycles. The molecule has 4 fully saturated rings. The van der Waals surface area contributed by atoms with Gasteiger partial charge in [0.15, 0.2) is 5.82 Å². The molecule has 4 saturated carbocycles. The Morgan fingerprint density at radius 2 is 1.85 bits per heavy atom. The van der Waals surface area contributed by atoms with Crippen LogP contribution < -0.4 is 5.32 Å². The van der Waals surface area contributed by atoms with E-state index in [1.54, 1.807) is 7.11 Å². The SMILES string of the molecule is COCc1nsc(NCC23CC4CC(CC(C4)C2)C3)n1. The summed E-state index contributed by atoms with van der Waals surface area (Å²) in [5, 5.41) is 4.54. The van der Waals surface area contributed by atoms with Crippen LogP contribution in [0.3, 0.4) is 0 Å². The topological polar surface area (TPSA) is 47.0 Å². The van der Waals surface area contributed by atoms with Crippen molar-refractivity contribution in [2.24, 2.45) is 23.2 Å². The Bertz CT molecular complexity index is 452. The zero-order valence-electron chi connectivity index (χ0n) is 12.1. The van der Waals surface area contributed by atoms with Crippen LogP contribution >= 0.6 is 11.5 Å². The number of methoxy groups -OCH3 is 1. The first-order valence-corrected chi connectivity index (χ1v) is 8.57. The van der Waals surface area contributed by atoms with Crippen LogP contribution in [0.1, 0.15) is 44.3 Å². The molecule has 4 aliphatic rings. The van der Waals surface area contributed by atoms with Crippen molar-refractivity contribution in [1.29, 1.82) is 0 Å². The normalized spacial score (nSPS) is 38.4. The highest BCUT2D eigenvalue weighted by Gasteiger charge is 2.50. The van der Waals surface area contributed by atoms with Gasteiger partial charge in [0.2, 0.25) is 5.13 Å². The number of anilines is 1. The van der Waals surface area contributed by atoms with Gasteiger partial charge in [0.25, 0.3) is 0 Å². The van der Waals surface area contributed by atoms with Crippen LogP contribution in [0.5, 0.6) is 0 Å². The molecule has 5 heteroatoms. The number of hydrogen-bond donors (Lipinski definition) is 1. The van der Waals surface area contributed by atoms with Crippen molar-refractivity contribution < 1.29 is 4.74 Å². The van der Waals surface area contributed by atoms with E-state index in [0.717, 1.165) is 35.3 Å². The number of hydrogen-bond acceptors (Lipinski definition) is 5. The Hall–Kier alpha value is -0.680. The third-order valence-electron chi connectivity index (χ3n) is 5.52. The van der Waals surface area contributed by atoms with Gasteiger partial charge in [0, 0.05) is 25.2 Å². The van der Waals surface area contributed by atoms with Gasteiger partial charge in [-0.3, -0.25) is 0 Å². The predicted molar refractivity (Wildman–Crippen MR) is 79.7 cm³/mol. The molecule has 0 amide bonds. The Labute approximate surface area is 124 Å². The van der Waals surface area contributed by atoms with Crippen molar-refractivity contribution in [3.05, 3.63) is 5.82 Å². The second-order valence-corrected chi connectivity index (χ2v) is 7.97. The van der Waals surface area contributed by atoms with E-state index in [-0.39, 0.29) is 0 Å². The number of rotatable bonds is 5. The van der Waals surface area contributed by atoms with Crippen molar-refractivity contribution in [2.45, 2.75) is 45.1 Å². The van der Waals surface area contributed by atoms with Gasteiger partial charge in [0.05, 0.1) is 0 Å². The van der Waals surface area contributed by atoms with Crippen molar-refractivity contribution in [2.75, 3.05) is 19.0 Å². The molecule has 1 aromatic rings. The van der Waals surface area contributed by atoms with E-state index in [1.807, 2.05) is 0 Å². The molecule has 20 heavy (non-hydrogen) atoms. The van der Waals surface area contributed by atoms with E-state index in [2.05, 4.69) is 14.7 Å². The molecule has 4 nitrogen and oxygen atoms in total. The summed E-state index contributed by atoms with van der Waals surface area (Å²) in [7, 11) is 1.68. The van der Waals surface area contributed by atoms with Crippen LogP contribution in [0, 0.1) is 23.2 Å². The van der Waals surface area contributed by atoms with Crippen molar-refractivity contribution in [3.8, 4) is 0 Å². The predicted octanol–water partition coefficient (Wildman–Crippen LogP) is 3.31. The molecule has 0 aliphatic heterocycles. The highest BCUT2D eigenvalue weighted by molar-refractivity contribution is 7.09. The first-order chi connectivity index (χ1) is 9.75. The number of nitrogens with one attached hydrogen (secondary N) is 1. The van der Waals surface area contributed by atoms with Gasteiger partial charge in [-0.1, -0.05) is 0 Å². The molecule has 0 radical (unpaired) electrons. The van der Waals surface area contributed by atoms with Crippen LogP contribution in [0.2, 0.25) is 0 Å². The molecule has 0 aromatic carbocycles. The van der Waals surface area contributed by atoms with E-state index in [4.69, 9.17) is 4.74 Å². The van der Waals surface area contributed by atoms with Crippen LogP contribution in [-0.4, -0.2) is 23.0 Å². The first kappa shape index (κ1) is 13.0. The number of aromatic nitrogens is 2. The van der Waals surface area contributed by atoms with Crippen LogP contribution in [0.4, 0.5) is 5.13 Å². The van der Waals surface area contributed by atoms with E-state index in [1.165, 1.54) is 50.1 Å².